The second-order valence-electron chi connectivity index (χ2n) is 4.52. The third-order valence-corrected chi connectivity index (χ3v) is 2.40. The minimum absolute atomic E-state index is 0.0974. The van der Waals surface area contributed by atoms with E-state index in [1.165, 1.54) is 0 Å². The van der Waals surface area contributed by atoms with Gasteiger partial charge in [0.1, 0.15) is 0 Å². The molecule has 1 aliphatic rings. The van der Waals surface area contributed by atoms with Crippen molar-refractivity contribution in [3.8, 4) is 11.8 Å². The Bertz CT molecular complexity index is 297. The number of ether oxygens (including phenoxy) is 2. The van der Waals surface area contributed by atoms with Crippen LogP contribution in [0.2, 0.25) is 0 Å². The van der Waals surface area contributed by atoms with Crippen LogP contribution < -0.4 is 0 Å². The molecule has 0 atom stereocenters. The van der Waals surface area contributed by atoms with Crippen LogP contribution in [0.5, 0.6) is 0 Å². The first-order chi connectivity index (χ1) is 6.90. The van der Waals surface area contributed by atoms with Gasteiger partial charge in [0.05, 0.1) is 18.6 Å². The summed E-state index contributed by atoms with van der Waals surface area (Å²) in [5.74, 6) is 4.72. The van der Waals surface area contributed by atoms with E-state index in [1.54, 1.807) is 0 Å². The first kappa shape index (κ1) is 12.2. The van der Waals surface area contributed by atoms with Gasteiger partial charge >= 0.3 is 0 Å². The van der Waals surface area contributed by atoms with Crippen LogP contribution in [-0.4, -0.2) is 24.8 Å². The lowest BCUT2D eigenvalue weighted by molar-refractivity contribution is -0.275. The molecule has 0 aromatic carbocycles. The minimum atomic E-state index is -0.613. The lowest BCUT2D eigenvalue weighted by Gasteiger charge is -2.39. The Morgan fingerprint density at radius 1 is 1.27 bits per heavy atom. The van der Waals surface area contributed by atoms with Crippen molar-refractivity contribution in [1.29, 1.82) is 0 Å². The molecule has 1 saturated heterocycles. The van der Waals surface area contributed by atoms with Gasteiger partial charge in [0, 0.05) is 6.42 Å². The van der Waals surface area contributed by atoms with Gasteiger partial charge in [-0.05, 0) is 26.7 Å². The fourth-order valence-electron chi connectivity index (χ4n) is 1.20. The van der Waals surface area contributed by atoms with Crippen molar-refractivity contribution in [2.75, 3.05) is 13.2 Å². The van der Waals surface area contributed by atoms with E-state index in [-0.39, 0.29) is 5.78 Å². The van der Waals surface area contributed by atoms with Crippen LogP contribution in [0.25, 0.3) is 0 Å². The monoisotopic (exact) mass is 210 g/mol. The van der Waals surface area contributed by atoms with Gasteiger partial charge in [0.25, 0.3) is 0 Å². The van der Waals surface area contributed by atoms with E-state index < -0.39 is 11.2 Å². The van der Waals surface area contributed by atoms with Gasteiger partial charge < -0.3 is 9.47 Å². The highest BCUT2D eigenvalue weighted by atomic mass is 16.7. The summed E-state index contributed by atoms with van der Waals surface area (Å²) in [6.45, 7) is 8.17. The molecule has 0 aliphatic carbocycles. The van der Waals surface area contributed by atoms with Crippen LogP contribution in [-0.2, 0) is 14.3 Å². The van der Waals surface area contributed by atoms with Crippen LogP contribution in [0, 0.1) is 17.3 Å². The van der Waals surface area contributed by atoms with Crippen LogP contribution in [0.4, 0.5) is 0 Å². The Labute approximate surface area is 91.1 Å². The Kier molecular flexibility index (Phi) is 3.54. The second kappa shape index (κ2) is 4.34. The summed E-state index contributed by atoms with van der Waals surface area (Å²) < 4.78 is 10.9. The molecule has 0 aromatic heterocycles. The molecule has 0 bridgehead atoms. The highest BCUT2D eigenvalue weighted by Crippen LogP contribution is 2.29. The molecule has 0 spiro atoms. The van der Waals surface area contributed by atoms with Crippen molar-refractivity contribution >= 4 is 5.78 Å². The van der Waals surface area contributed by atoms with Gasteiger partial charge in [-0.1, -0.05) is 12.8 Å². The fraction of sp³-hybridized carbons (Fsp3) is 0.750. The van der Waals surface area contributed by atoms with E-state index in [0.29, 0.717) is 19.6 Å². The molecule has 0 unspecified atom stereocenters. The maximum atomic E-state index is 11.8. The smallest absolute Gasteiger partial charge is 0.215 e. The standard InChI is InChI=1S/C12H18O3/c1-5-6-7-10(13)12(4)8-14-11(2,3)15-9-12/h5,8-9H2,1-4H3. The van der Waals surface area contributed by atoms with E-state index in [4.69, 9.17) is 9.47 Å². The van der Waals surface area contributed by atoms with Crippen LogP contribution in [0.3, 0.4) is 0 Å². The average molecular weight is 210 g/mol. The number of rotatable bonds is 1. The molecular weight excluding hydrogens is 192 g/mol. The predicted molar refractivity (Wildman–Crippen MR) is 57.2 cm³/mol. The number of carbonyl (C=O) groups excluding carboxylic acids is 1. The summed E-state index contributed by atoms with van der Waals surface area (Å²) >= 11 is 0. The average Bonchev–Trinajstić information content (AvgIpc) is 2.19. The summed E-state index contributed by atoms with van der Waals surface area (Å²) in [7, 11) is 0. The van der Waals surface area contributed by atoms with Gasteiger partial charge in [-0.3, -0.25) is 4.79 Å². The van der Waals surface area contributed by atoms with Crippen molar-refractivity contribution in [1.82, 2.24) is 0 Å². The first-order valence-electron chi connectivity index (χ1n) is 5.21. The topological polar surface area (TPSA) is 35.5 Å². The number of Topliss-reactive ketones (excluding diaryl/α,β-unsaturated/α-hetero) is 1. The molecule has 84 valence electrons. The lowest BCUT2D eigenvalue weighted by atomic mass is 9.86. The zero-order valence-electron chi connectivity index (χ0n) is 9.85. The molecule has 0 aromatic rings. The zero-order chi connectivity index (χ0) is 11.5. The highest BCUT2D eigenvalue weighted by molar-refractivity contribution is 6.00. The van der Waals surface area contributed by atoms with Crippen LogP contribution in [0.1, 0.15) is 34.1 Å². The van der Waals surface area contributed by atoms with Gasteiger partial charge in [0.2, 0.25) is 5.78 Å². The summed E-state index contributed by atoms with van der Waals surface area (Å²) in [6.07, 6.45) is 0.690. The van der Waals surface area contributed by atoms with E-state index in [1.807, 2.05) is 27.7 Å². The summed E-state index contributed by atoms with van der Waals surface area (Å²) in [4.78, 5) is 11.8. The number of carbonyl (C=O) groups is 1. The molecule has 0 radical (unpaired) electrons. The molecule has 1 rings (SSSR count). The van der Waals surface area contributed by atoms with Gasteiger partial charge in [0.15, 0.2) is 5.79 Å². The summed E-state index contributed by atoms with van der Waals surface area (Å²) in [6, 6.07) is 0. The molecule has 3 heteroatoms. The summed E-state index contributed by atoms with van der Waals surface area (Å²) in [5, 5.41) is 0. The van der Waals surface area contributed by atoms with Gasteiger partial charge in [-0.25, -0.2) is 0 Å². The van der Waals surface area contributed by atoms with E-state index in [2.05, 4.69) is 11.8 Å². The summed E-state index contributed by atoms with van der Waals surface area (Å²) in [5.41, 5.74) is -0.613. The SMILES string of the molecule is CCC#CC(=O)C1(C)COC(C)(C)OC1. The van der Waals surface area contributed by atoms with Crippen molar-refractivity contribution < 1.29 is 14.3 Å². The molecule has 0 saturated carbocycles. The van der Waals surface area contributed by atoms with Crippen molar-refractivity contribution in [2.45, 2.75) is 39.9 Å². The molecule has 1 fully saturated rings. The predicted octanol–water partition coefficient (Wildman–Crippen LogP) is 1.76. The second-order valence-corrected chi connectivity index (χ2v) is 4.52. The largest absolute Gasteiger partial charge is 0.349 e. The minimum Gasteiger partial charge on any atom is -0.349 e. The van der Waals surface area contributed by atoms with E-state index in [9.17, 15) is 4.79 Å². The third kappa shape index (κ3) is 3.05. The van der Waals surface area contributed by atoms with E-state index >= 15 is 0 Å². The maximum Gasteiger partial charge on any atom is 0.215 e. The van der Waals surface area contributed by atoms with Crippen molar-refractivity contribution in [3.63, 3.8) is 0 Å². The number of hydrogen-bond donors (Lipinski definition) is 0. The van der Waals surface area contributed by atoms with E-state index in [0.717, 1.165) is 0 Å². The molecule has 15 heavy (non-hydrogen) atoms. The molecule has 1 heterocycles. The molecule has 3 nitrogen and oxygen atoms in total. The first-order valence-corrected chi connectivity index (χ1v) is 5.21. The fourth-order valence-corrected chi connectivity index (χ4v) is 1.20. The van der Waals surface area contributed by atoms with Gasteiger partial charge in [-0.2, -0.15) is 0 Å². The van der Waals surface area contributed by atoms with Crippen molar-refractivity contribution in [2.24, 2.45) is 5.41 Å². The van der Waals surface area contributed by atoms with Crippen molar-refractivity contribution in [3.05, 3.63) is 0 Å². The van der Waals surface area contributed by atoms with Gasteiger partial charge in [-0.15, -0.1) is 0 Å². The Morgan fingerprint density at radius 3 is 2.27 bits per heavy atom. The quantitative estimate of drug-likeness (QED) is 0.488. The normalized spacial score (nSPS) is 22.7. The molecule has 0 N–H and O–H groups in total. The third-order valence-electron chi connectivity index (χ3n) is 2.40. The Morgan fingerprint density at radius 2 is 1.80 bits per heavy atom. The Balaban J connectivity index is 2.66. The Hall–Kier alpha value is -0.850. The molecule has 1 aliphatic heterocycles. The number of hydrogen-bond acceptors (Lipinski definition) is 3. The lowest BCUT2D eigenvalue weighted by Crippen LogP contribution is -2.48. The maximum absolute atomic E-state index is 11.8. The molecule has 0 amide bonds. The highest BCUT2D eigenvalue weighted by Gasteiger charge is 2.41. The number of ketones is 1. The zero-order valence-corrected chi connectivity index (χ0v) is 9.85. The van der Waals surface area contributed by atoms with Crippen LogP contribution >= 0.6 is 0 Å². The molecular formula is C12H18O3. The van der Waals surface area contributed by atoms with Crippen LogP contribution in [0.15, 0.2) is 0 Å².